The second kappa shape index (κ2) is 9.48. The van der Waals surface area contributed by atoms with E-state index in [1.807, 2.05) is 0 Å². The Hall–Kier alpha value is -3.59. The molecule has 3 rings (SSSR count). The topological polar surface area (TPSA) is 112 Å². The van der Waals surface area contributed by atoms with Gasteiger partial charge in [-0.25, -0.2) is 4.79 Å². The zero-order valence-electron chi connectivity index (χ0n) is 17.6. The van der Waals surface area contributed by atoms with Gasteiger partial charge in [-0.1, -0.05) is 12.1 Å². The smallest absolute Gasteiger partial charge is 0.331 e. The van der Waals surface area contributed by atoms with Gasteiger partial charge in [-0.15, -0.1) is 0 Å². The minimum Gasteiger partial charge on any atom is -0.497 e. The van der Waals surface area contributed by atoms with Crippen LogP contribution in [0.15, 0.2) is 52.1 Å². The second-order valence-electron chi connectivity index (χ2n) is 6.86. The maximum Gasteiger partial charge on any atom is 0.331 e. The number of aliphatic hydroxyl groups excluding tert-OH is 1. The molecule has 1 unspecified atom stereocenters. The molecule has 1 atom stereocenters. The number of ether oxygens (including phenoxy) is 2. The van der Waals surface area contributed by atoms with Crippen LogP contribution in [0.4, 0.5) is 0 Å². The number of aliphatic hydroxyl groups is 1. The average molecular weight is 427 g/mol. The minimum absolute atomic E-state index is 0.0948. The van der Waals surface area contributed by atoms with Gasteiger partial charge in [0.15, 0.2) is 0 Å². The van der Waals surface area contributed by atoms with Crippen LogP contribution in [0.3, 0.4) is 0 Å². The highest BCUT2D eigenvalue weighted by atomic mass is 16.5. The third-order valence-corrected chi connectivity index (χ3v) is 5.04. The predicted molar refractivity (Wildman–Crippen MR) is 116 cm³/mol. The summed E-state index contributed by atoms with van der Waals surface area (Å²) in [5.74, 6) is 0.523. The summed E-state index contributed by atoms with van der Waals surface area (Å²) in [7, 11) is 2.99. The first-order valence-electron chi connectivity index (χ1n) is 9.80. The molecule has 3 aromatic rings. The second-order valence-corrected chi connectivity index (χ2v) is 6.86. The van der Waals surface area contributed by atoms with E-state index in [1.54, 1.807) is 49.4 Å². The number of nitrogens with zero attached hydrogens (tertiary/aromatic N) is 2. The van der Waals surface area contributed by atoms with Gasteiger partial charge in [0.05, 0.1) is 31.2 Å². The maximum absolute atomic E-state index is 12.8. The van der Waals surface area contributed by atoms with E-state index >= 15 is 0 Å². The first-order valence-corrected chi connectivity index (χ1v) is 9.80. The largest absolute Gasteiger partial charge is 0.497 e. The van der Waals surface area contributed by atoms with Gasteiger partial charge in [-0.05, 0) is 37.3 Å². The SMILES string of the molecule is CCn1c(=O)c2ccccc2n(CC(=O)NCC(O)c2cc(OC)ccc2OC)c1=O. The highest BCUT2D eigenvalue weighted by Crippen LogP contribution is 2.29. The Morgan fingerprint density at radius 3 is 2.52 bits per heavy atom. The number of carbonyl (C=O) groups excluding carboxylic acids is 1. The van der Waals surface area contributed by atoms with Crippen molar-refractivity contribution in [3.05, 3.63) is 68.9 Å². The Kier molecular flexibility index (Phi) is 6.76. The van der Waals surface area contributed by atoms with Crippen LogP contribution in [-0.4, -0.2) is 40.9 Å². The Morgan fingerprint density at radius 2 is 1.84 bits per heavy atom. The highest BCUT2D eigenvalue weighted by Gasteiger charge is 2.18. The molecular weight excluding hydrogens is 402 g/mol. The average Bonchev–Trinajstić information content (AvgIpc) is 2.80. The maximum atomic E-state index is 12.8. The molecule has 2 N–H and O–H groups in total. The molecule has 31 heavy (non-hydrogen) atoms. The first-order chi connectivity index (χ1) is 14.9. The van der Waals surface area contributed by atoms with Gasteiger partial charge in [-0.3, -0.25) is 18.7 Å². The summed E-state index contributed by atoms with van der Waals surface area (Å²) < 4.78 is 12.8. The monoisotopic (exact) mass is 427 g/mol. The van der Waals surface area contributed by atoms with Gasteiger partial charge in [-0.2, -0.15) is 0 Å². The molecule has 0 spiro atoms. The quantitative estimate of drug-likeness (QED) is 0.556. The molecule has 0 radical (unpaired) electrons. The zero-order valence-corrected chi connectivity index (χ0v) is 17.6. The molecule has 0 aliphatic rings. The molecule has 164 valence electrons. The molecule has 9 nitrogen and oxygen atoms in total. The van der Waals surface area contributed by atoms with E-state index in [-0.39, 0.29) is 25.2 Å². The normalized spacial score (nSPS) is 11.9. The van der Waals surface area contributed by atoms with Crippen molar-refractivity contribution in [2.45, 2.75) is 26.1 Å². The van der Waals surface area contributed by atoms with Gasteiger partial charge in [0.1, 0.15) is 18.0 Å². The van der Waals surface area contributed by atoms with E-state index in [1.165, 1.54) is 18.8 Å². The molecule has 1 amide bonds. The van der Waals surface area contributed by atoms with Crippen LogP contribution in [0, 0.1) is 0 Å². The zero-order chi connectivity index (χ0) is 22.5. The molecule has 1 heterocycles. The molecule has 0 saturated heterocycles. The lowest BCUT2D eigenvalue weighted by Crippen LogP contribution is -2.42. The fraction of sp³-hybridized carbons (Fsp3) is 0.318. The number of hydrogen-bond acceptors (Lipinski definition) is 6. The van der Waals surface area contributed by atoms with Crippen LogP contribution in [0.25, 0.3) is 10.9 Å². The summed E-state index contributed by atoms with van der Waals surface area (Å²) in [5.41, 5.74) is -0.103. The van der Waals surface area contributed by atoms with Crippen molar-refractivity contribution in [2.24, 2.45) is 0 Å². The Bertz CT molecular complexity index is 1210. The van der Waals surface area contributed by atoms with Crippen molar-refractivity contribution in [2.75, 3.05) is 20.8 Å². The molecule has 0 aliphatic heterocycles. The summed E-state index contributed by atoms with van der Waals surface area (Å²) >= 11 is 0. The Morgan fingerprint density at radius 1 is 1.10 bits per heavy atom. The van der Waals surface area contributed by atoms with Crippen LogP contribution < -0.4 is 26.0 Å². The van der Waals surface area contributed by atoms with Crippen molar-refractivity contribution in [3.63, 3.8) is 0 Å². The molecule has 1 aromatic heterocycles. The third-order valence-electron chi connectivity index (χ3n) is 5.04. The summed E-state index contributed by atoms with van der Waals surface area (Å²) in [6.45, 7) is 1.50. The Balaban J connectivity index is 1.82. The van der Waals surface area contributed by atoms with Crippen molar-refractivity contribution in [1.82, 2.24) is 14.5 Å². The number of hydrogen-bond donors (Lipinski definition) is 2. The number of rotatable bonds is 8. The van der Waals surface area contributed by atoms with Crippen LogP contribution in [0.5, 0.6) is 11.5 Å². The van der Waals surface area contributed by atoms with Gasteiger partial charge in [0.2, 0.25) is 5.91 Å². The number of nitrogens with one attached hydrogen (secondary N) is 1. The molecule has 0 bridgehead atoms. The molecular formula is C22H25N3O6. The van der Waals surface area contributed by atoms with Gasteiger partial charge >= 0.3 is 5.69 Å². The number of para-hydroxylation sites is 1. The standard InChI is InChI=1S/C22H25N3O6/c1-4-24-21(28)15-7-5-6-8-17(15)25(22(24)29)13-20(27)23-12-18(26)16-11-14(30-2)9-10-19(16)31-3/h5-11,18,26H,4,12-13H2,1-3H3,(H,23,27). The van der Waals surface area contributed by atoms with E-state index in [4.69, 9.17) is 9.47 Å². The first kappa shape index (κ1) is 22.1. The number of fused-ring (bicyclic) bond motifs is 1. The van der Waals surface area contributed by atoms with Gasteiger partial charge in [0, 0.05) is 18.7 Å². The van der Waals surface area contributed by atoms with E-state index in [9.17, 15) is 19.5 Å². The van der Waals surface area contributed by atoms with Crippen molar-refractivity contribution in [1.29, 1.82) is 0 Å². The van der Waals surface area contributed by atoms with E-state index < -0.39 is 17.7 Å². The minimum atomic E-state index is -1.05. The van der Waals surface area contributed by atoms with Crippen LogP contribution in [0.2, 0.25) is 0 Å². The van der Waals surface area contributed by atoms with E-state index in [0.717, 1.165) is 4.57 Å². The molecule has 0 aliphatic carbocycles. The van der Waals surface area contributed by atoms with Gasteiger partial charge in [0.25, 0.3) is 5.56 Å². The summed E-state index contributed by atoms with van der Waals surface area (Å²) in [4.78, 5) is 37.8. The number of benzene rings is 2. The van der Waals surface area contributed by atoms with E-state index in [0.29, 0.717) is 28.0 Å². The number of aromatic nitrogens is 2. The number of carbonyl (C=O) groups is 1. The lowest BCUT2D eigenvalue weighted by molar-refractivity contribution is -0.122. The van der Waals surface area contributed by atoms with Crippen LogP contribution in [-0.2, 0) is 17.9 Å². The molecule has 0 saturated carbocycles. The number of methoxy groups -OCH3 is 2. The van der Waals surface area contributed by atoms with E-state index in [2.05, 4.69) is 5.32 Å². The summed E-state index contributed by atoms with van der Waals surface area (Å²) in [5, 5.41) is 13.5. The third kappa shape index (κ3) is 4.46. The molecule has 2 aromatic carbocycles. The highest BCUT2D eigenvalue weighted by molar-refractivity contribution is 5.81. The van der Waals surface area contributed by atoms with Crippen molar-refractivity contribution >= 4 is 16.8 Å². The molecule has 0 fully saturated rings. The summed E-state index contributed by atoms with van der Waals surface area (Å²) in [6, 6.07) is 11.6. The lowest BCUT2D eigenvalue weighted by atomic mass is 10.1. The van der Waals surface area contributed by atoms with Gasteiger partial charge < -0.3 is 19.9 Å². The Labute approximate surface area is 178 Å². The predicted octanol–water partition coefficient (Wildman–Crippen LogP) is 1.05. The fourth-order valence-electron chi connectivity index (χ4n) is 3.42. The fourth-order valence-corrected chi connectivity index (χ4v) is 3.42. The van der Waals surface area contributed by atoms with Crippen LogP contribution >= 0.6 is 0 Å². The van der Waals surface area contributed by atoms with Crippen molar-refractivity contribution in [3.8, 4) is 11.5 Å². The van der Waals surface area contributed by atoms with Crippen molar-refractivity contribution < 1.29 is 19.4 Å². The van der Waals surface area contributed by atoms with Crippen LogP contribution in [0.1, 0.15) is 18.6 Å². The lowest BCUT2D eigenvalue weighted by Gasteiger charge is -2.17. The number of amides is 1. The summed E-state index contributed by atoms with van der Waals surface area (Å²) in [6.07, 6.45) is -1.05. The molecule has 9 heteroatoms.